The number of pyridine rings is 1. The number of benzene rings is 1. The quantitative estimate of drug-likeness (QED) is 0.525. The third-order valence-electron chi connectivity index (χ3n) is 3.88. The second-order valence-corrected chi connectivity index (χ2v) is 5.89. The average Bonchev–Trinajstić information content (AvgIpc) is 3.19. The lowest BCUT2D eigenvalue weighted by molar-refractivity contribution is -0.0848. The maximum absolute atomic E-state index is 12.3. The summed E-state index contributed by atoms with van der Waals surface area (Å²) < 4.78 is 11.0. The van der Waals surface area contributed by atoms with Crippen LogP contribution in [0.4, 0.5) is 0 Å². The fraction of sp³-hybridized carbons (Fsp3) is 0.200. The number of amides is 1. The van der Waals surface area contributed by atoms with E-state index in [-0.39, 0.29) is 12.4 Å². The number of aliphatic hydroxyl groups excluding tert-OH is 1. The van der Waals surface area contributed by atoms with Crippen LogP contribution in [0.15, 0.2) is 71.4 Å². The number of furan rings is 1. The molecule has 0 saturated carbocycles. The van der Waals surface area contributed by atoms with Crippen molar-refractivity contribution in [2.75, 3.05) is 6.61 Å². The zero-order valence-corrected chi connectivity index (χ0v) is 14.5. The van der Waals surface area contributed by atoms with E-state index in [0.29, 0.717) is 12.4 Å². The highest BCUT2D eigenvalue weighted by Gasteiger charge is 2.22. The van der Waals surface area contributed by atoms with Crippen LogP contribution in [0, 0.1) is 0 Å². The Morgan fingerprint density at radius 3 is 2.52 bits per heavy atom. The molecule has 1 unspecified atom stereocenters. The van der Waals surface area contributed by atoms with E-state index in [4.69, 9.17) is 9.15 Å². The van der Waals surface area contributed by atoms with Crippen molar-refractivity contribution in [3.8, 4) is 11.3 Å². The molecule has 1 atom stereocenters. The third kappa shape index (κ3) is 5.24. The van der Waals surface area contributed by atoms with Crippen molar-refractivity contribution in [1.29, 1.82) is 0 Å². The topological polar surface area (TPSA) is 105 Å². The molecule has 0 aliphatic heterocycles. The van der Waals surface area contributed by atoms with Crippen LogP contribution in [0.2, 0.25) is 0 Å². The molecule has 3 N–H and O–H groups in total. The van der Waals surface area contributed by atoms with Gasteiger partial charge in [0.15, 0.2) is 12.1 Å². The maximum Gasteiger partial charge on any atom is 0.287 e. The van der Waals surface area contributed by atoms with E-state index in [1.165, 1.54) is 6.07 Å². The van der Waals surface area contributed by atoms with Gasteiger partial charge in [0.1, 0.15) is 11.8 Å². The summed E-state index contributed by atoms with van der Waals surface area (Å²) >= 11 is 0. The average molecular weight is 368 g/mol. The molecule has 0 spiro atoms. The lowest BCUT2D eigenvalue weighted by Crippen LogP contribution is -2.46. The number of carbonyl (C=O) groups excluding carboxylic acids is 1. The highest BCUT2D eigenvalue weighted by atomic mass is 16.5. The molecular weight excluding hydrogens is 348 g/mol. The van der Waals surface area contributed by atoms with E-state index >= 15 is 0 Å². The SMILES string of the molecule is O=C(NC(COCc1ccccc1)C(O)O)c1ccc(-c2ccncc2)o1. The van der Waals surface area contributed by atoms with Crippen molar-refractivity contribution in [3.05, 3.63) is 78.3 Å². The van der Waals surface area contributed by atoms with Crippen LogP contribution in [0.25, 0.3) is 11.3 Å². The standard InChI is InChI=1S/C20H20N2O5/c23-19(18-7-6-17(27-18)15-8-10-21-11-9-15)22-16(20(24)25)13-26-12-14-4-2-1-3-5-14/h1-11,16,20,24-25H,12-13H2,(H,22,23). The molecule has 7 nitrogen and oxygen atoms in total. The van der Waals surface area contributed by atoms with Crippen LogP contribution in [-0.4, -0.2) is 40.0 Å². The van der Waals surface area contributed by atoms with Crippen LogP contribution in [0.1, 0.15) is 16.1 Å². The number of hydrogen-bond acceptors (Lipinski definition) is 6. The molecule has 0 aliphatic rings. The minimum Gasteiger partial charge on any atom is -0.451 e. The smallest absolute Gasteiger partial charge is 0.287 e. The fourth-order valence-electron chi connectivity index (χ4n) is 2.45. The van der Waals surface area contributed by atoms with Gasteiger partial charge in [-0.3, -0.25) is 9.78 Å². The fourth-order valence-corrected chi connectivity index (χ4v) is 2.45. The molecule has 0 radical (unpaired) electrons. The molecule has 3 aromatic rings. The predicted octanol–water partition coefficient (Wildman–Crippen LogP) is 1.97. The zero-order valence-electron chi connectivity index (χ0n) is 14.5. The van der Waals surface area contributed by atoms with Gasteiger partial charge in [-0.15, -0.1) is 0 Å². The summed E-state index contributed by atoms with van der Waals surface area (Å²) in [5, 5.41) is 21.5. The largest absolute Gasteiger partial charge is 0.451 e. The molecule has 1 amide bonds. The lowest BCUT2D eigenvalue weighted by Gasteiger charge is -2.20. The number of ether oxygens (including phenoxy) is 1. The maximum atomic E-state index is 12.3. The molecular formula is C20H20N2O5. The Bertz CT molecular complexity index is 849. The molecule has 1 aromatic carbocycles. The van der Waals surface area contributed by atoms with Crippen molar-refractivity contribution >= 4 is 5.91 Å². The summed E-state index contributed by atoms with van der Waals surface area (Å²) in [6.07, 6.45) is 1.49. The third-order valence-corrected chi connectivity index (χ3v) is 3.88. The van der Waals surface area contributed by atoms with E-state index in [1.807, 2.05) is 30.3 Å². The van der Waals surface area contributed by atoms with Crippen LogP contribution >= 0.6 is 0 Å². The van der Waals surface area contributed by atoms with Gasteiger partial charge in [-0.25, -0.2) is 0 Å². The van der Waals surface area contributed by atoms with E-state index < -0.39 is 18.2 Å². The van der Waals surface area contributed by atoms with Gasteiger partial charge in [-0.1, -0.05) is 30.3 Å². The van der Waals surface area contributed by atoms with Crippen LogP contribution in [-0.2, 0) is 11.3 Å². The minimum atomic E-state index is -1.76. The van der Waals surface area contributed by atoms with E-state index in [9.17, 15) is 15.0 Å². The van der Waals surface area contributed by atoms with Crippen molar-refractivity contribution in [2.45, 2.75) is 18.9 Å². The Labute approximate surface area is 156 Å². The molecule has 2 aromatic heterocycles. The van der Waals surface area contributed by atoms with E-state index in [0.717, 1.165) is 11.1 Å². The second kappa shape index (κ2) is 9.09. The zero-order chi connectivity index (χ0) is 19.1. The van der Waals surface area contributed by atoms with E-state index in [2.05, 4.69) is 10.3 Å². The van der Waals surface area contributed by atoms with Gasteiger partial charge in [0, 0.05) is 18.0 Å². The number of carbonyl (C=O) groups is 1. The van der Waals surface area contributed by atoms with Gasteiger partial charge in [-0.2, -0.15) is 0 Å². The number of rotatable bonds is 8. The summed E-state index contributed by atoms with van der Waals surface area (Å²) in [4.78, 5) is 16.3. The van der Waals surface area contributed by atoms with Gasteiger partial charge in [-0.05, 0) is 29.8 Å². The van der Waals surface area contributed by atoms with Crippen molar-refractivity contribution in [3.63, 3.8) is 0 Å². The highest BCUT2D eigenvalue weighted by molar-refractivity contribution is 5.92. The van der Waals surface area contributed by atoms with Gasteiger partial charge in [0.2, 0.25) is 0 Å². The normalized spacial score (nSPS) is 12.1. The first-order chi connectivity index (χ1) is 13.1. The molecule has 0 aliphatic carbocycles. The molecule has 0 fully saturated rings. The van der Waals surface area contributed by atoms with Crippen molar-refractivity contribution in [1.82, 2.24) is 10.3 Å². The van der Waals surface area contributed by atoms with Crippen LogP contribution in [0.3, 0.4) is 0 Å². The Morgan fingerprint density at radius 1 is 1.07 bits per heavy atom. The summed E-state index contributed by atoms with van der Waals surface area (Å²) in [6, 6.07) is 15.2. The number of aromatic nitrogens is 1. The number of nitrogens with one attached hydrogen (secondary N) is 1. The van der Waals surface area contributed by atoms with Gasteiger partial charge in [0.25, 0.3) is 5.91 Å². The Morgan fingerprint density at radius 2 is 1.81 bits per heavy atom. The predicted molar refractivity (Wildman–Crippen MR) is 97.5 cm³/mol. The Hall–Kier alpha value is -3.00. The van der Waals surface area contributed by atoms with Gasteiger partial charge >= 0.3 is 0 Å². The lowest BCUT2D eigenvalue weighted by atomic mass is 10.2. The Balaban J connectivity index is 1.58. The van der Waals surface area contributed by atoms with Gasteiger partial charge in [0.05, 0.1) is 13.2 Å². The monoisotopic (exact) mass is 368 g/mol. The number of aliphatic hydroxyl groups is 2. The molecule has 27 heavy (non-hydrogen) atoms. The number of hydrogen-bond donors (Lipinski definition) is 3. The van der Waals surface area contributed by atoms with E-state index in [1.54, 1.807) is 30.6 Å². The molecule has 3 rings (SSSR count). The first-order valence-electron chi connectivity index (χ1n) is 8.42. The molecule has 0 bridgehead atoms. The number of nitrogens with zero attached hydrogens (tertiary/aromatic N) is 1. The Kier molecular flexibility index (Phi) is 6.32. The molecule has 140 valence electrons. The van der Waals surface area contributed by atoms with Gasteiger partial charge < -0.3 is 24.7 Å². The van der Waals surface area contributed by atoms with Crippen LogP contribution < -0.4 is 5.32 Å². The summed E-state index contributed by atoms with van der Waals surface area (Å²) in [5.74, 6) is 0.0243. The minimum absolute atomic E-state index is 0.0593. The first kappa shape index (κ1) is 18.8. The van der Waals surface area contributed by atoms with Crippen LogP contribution in [0.5, 0.6) is 0 Å². The summed E-state index contributed by atoms with van der Waals surface area (Å²) in [5.41, 5.74) is 1.73. The first-order valence-corrected chi connectivity index (χ1v) is 8.42. The summed E-state index contributed by atoms with van der Waals surface area (Å²) in [6.45, 7) is 0.239. The molecule has 7 heteroatoms. The summed E-state index contributed by atoms with van der Waals surface area (Å²) in [7, 11) is 0. The van der Waals surface area contributed by atoms with Crippen molar-refractivity contribution in [2.24, 2.45) is 0 Å². The van der Waals surface area contributed by atoms with Crippen molar-refractivity contribution < 1.29 is 24.2 Å². The molecule has 2 heterocycles. The highest BCUT2D eigenvalue weighted by Crippen LogP contribution is 2.21. The molecule has 0 saturated heterocycles. The second-order valence-electron chi connectivity index (χ2n) is 5.89.